The molecule has 0 spiro atoms. The van der Waals surface area contributed by atoms with Crippen molar-refractivity contribution in [3.63, 3.8) is 0 Å². The maximum Gasteiger partial charge on any atom is 0.237 e. The lowest BCUT2D eigenvalue weighted by molar-refractivity contribution is -0.130. The summed E-state index contributed by atoms with van der Waals surface area (Å²) in [5.74, 6) is 0.00779. The van der Waals surface area contributed by atoms with Gasteiger partial charge in [0.2, 0.25) is 5.91 Å². The molecule has 2 aromatic rings. The van der Waals surface area contributed by atoms with Crippen LogP contribution >= 0.6 is 0 Å². The van der Waals surface area contributed by atoms with E-state index in [2.05, 4.69) is 21.7 Å². The van der Waals surface area contributed by atoms with Crippen LogP contribution in [0, 0.1) is 11.3 Å². The van der Waals surface area contributed by atoms with Crippen molar-refractivity contribution in [3.05, 3.63) is 36.5 Å². The van der Waals surface area contributed by atoms with Gasteiger partial charge in [0.15, 0.2) is 0 Å². The molecule has 124 valence electrons. The van der Waals surface area contributed by atoms with Gasteiger partial charge in [0.25, 0.3) is 0 Å². The number of hydrogen-bond donors (Lipinski definition) is 2. The number of fused-ring (bicyclic) bond motifs is 1. The van der Waals surface area contributed by atoms with E-state index in [0.717, 1.165) is 29.4 Å². The molecule has 1 aromatic carbocycles. The van der Waals surface area contributed by atoms with Gasteiger partial charge in [-0.1, -0.05) is 18.2 Å². The molecule has 2 N–H and O–H groups in total. The van der Waals surface area contributed by atoms with E-state index in [9.17, 15) is 4.79 Å². The summed E-state index contributed by atoms with van der Waals surface area (Å²) in [5, 5.41) is 16.6. The number of para-hydroxylation sites is 1. The average Bonchev–Trinajstić information content (AvgIpc) is 3.10. The molecular weight excluding hydrogens is 302 g/mol. The smallest absolute Gasteiger partial charge is 0.237 e. The lowest BCUT2D eigenvalue weighted by Gasteiger charge is -2.19. The van der Waals surface area contributed by atoms with Crippen molar-refractivity contribution in [1.29, 1.82) is 5.26 Å². The molecule has 1 aliphatic heterocycles. The number of nitrogens with zero attached hydrogens (tertiary/aromatic N) is 3. The molecule has 24 heavy (non-hydrogen) atoms. The first kappa shape index (κ1) is 16.2. The van der Waals surface area contributed by atoms with Crippen molar-refractivity contribution in [2.45, 2.75) is 18.9 Å². The van der Waals surface area contributed by atoms with Gasteiger partial charge in [0.1, 0.15) is 6.04 Å². The number of nitriles is 1. The summed E-state index contributed by atoms with van der Waals surface area (Å²) in [6, 6.07) is 11.9. The predicted octanol–water partition coefficient (Wildman–Crippen LogP) is 1.75. The van der Waals surface area contributed by atoms with Gasteiger partial charge in [-0.25, -0.2) is 0 Å². The van der Waals surface area contributed by atoms with Crippen molar-refractivity contribution in [2.75, 3.05) is 31.5 Å². The Labute approximate surface area is 141 Å². The van der Waals surface area contributed by atoms with Crippen molar-refractivity contribution in [3.8, 4) is 6.07 Å². The standard InChI is InChI=1S/C18H21N5O/c19-12-14-4-3-11-23(14)18(24)13-20-9-10-22-17-7-8-21-16-6-2-1-5-15(16)17/h1-2,5-8,14,20H,3-4,9-11,13H2,(H,21,22). The third-order valence-electron chi connectivity index (χ3n) is 4.26. The summed E-state index contributed by atoms with van der Waals surface area (Å²) in [4.78, 5) is 18.1. The van der Waals surface area contributed by atoms with Gasteiger partial charge in [0.05, 0.1) is 18.1 Å². The van der Waals surface area contributed by atoms with E-state index in [4.69, 9.17) is 5.26 Å². The van der Waals surface area contributed by atoms with Crippen LogP contribution < -0.4 is 10.6 Å². The van der Waals surface area contributed by atoms with Gasteiger partial charge in [0, 0.05) is 36.9 Å². The van der Waals surface area contributed by atoms with Gasteiger partial charge in [-0.05, 0) is 25.0 Å². The maximum atomic E-state index is 12.1. The fourth-order valence-corrected chi connectivity index (χ4v) is 3.03. The minimum absolute atomic E-state index is 0.00779. The fraction of sp³-hybridized carbons (Fsp3) is 0.389. The number of nitrogens with one attached hydrogen (secondary N) is 2. The third-order valence-corrected chi connectivity index (χ3v) is 4.26. The van der Waals surface area contributed by atoms with Crippen molar-refractivity contribution in [2.24, 2.45) is 0 Å². The average molecular weight is 323 g/mol. The molecule has 0 saturated carbocycles. The first-order valence-corrected chi connectivity index (χ1v) is 8.27. The number of anilines is 1. The van der Waals surface area contributed by atoms with E-state index in [1.807, 2.05) is 30.3 Å². The number of rotatable bonds is 6. The summed E-state index contributed by atoms with van der Waals surface area (Å²) in [5.41, 5.74) is 2.00. The zero-order valence-corrected chi connectivity index (χ0v) is 13.5. The van der Waals surface area contributed by atoms with Crippen LogP contribution in [0.15, 0.2) is 36.5 Å². The summed E-state index contributed by atoms with van der Waals surface area (Å²) in [7, 11) is 0. The van der Waals surface area contributed by atoms with Crippen LogP contribution in [-0.2, 0) is 4.79 Å². The summed E-state index contributed by atoms with van der Waals surface area (Å²) >= 11 is 0. The zero-order chi connectivity index (χ0) is 16.8. The molecule has 0 aliphatic carbocycles. The molecule has 1 atom stereocenters. The molecule has 1 unspecified atom stereocenters. The third kappa shape index (κ3) is 3.63. The Morgan fingerprint density at radius 2 is 2.21 bits per heavy atom. The number of pyridine rings is 1. The number of likely N-dealkylation sites (tertiary alicyclic amines) is 1. The Morgan fingerprint density at radius 1 is 1.33 bits per heavy atom. The molecule has 0 bridgehead atoms. The number of aromatic nitrogens is 1. The molecular formula is C18H21N5O. The fourth-order valence-electron chi connectivity index (χ4n) is 3.03. The second-order valence-electron chi connectivity index (χ2n) is 5.85. The van der Waals surface area contributed by atoms with Crippen LogP contribution in [-0.4, -0.2) is 48.0 Å². The molecule has 0 radical (unpaired) electrons. The van der Waals surface area contributed by atoms with Crippen LogP contribution in [0.1, 0.15) is 12.8 Å². The minimum Gasteiger partial charge on any atom is -0.383 e. The summed E-state index contributed by atoms with van der Waals surface area (Å²) in [6.45, 7) is 2.35. The highest BCUT2D eigenvalue weighted by Crippen LogP contribution is 2.20. The first-order chi connectivity index (χ1) is 11.8. The van der Waals surface area contributed by atoms with Crippen molar-refractivity contribution >= 4 is 22.5 Å². The summed E-state index contributed by atoms with van der Waals surface area (Å²) < 4.78 is 0. The number of carbonyl (C=O) groups excluding carboxylic acids is 1. The van der Waals surface area contributed by atoms with Crippen LogP contribution in [0.3, 0.4) is 0 Å². The van der Waals surface area contributed by atoms with E-state index in [1.165, 1.54) is 0 Å². The molecule has 1 amide bonds. The Kier molecular flexibility index (Phi) is 5.24. The quantitative estimate of drug-likeness (QED) is 0.792. The highest BCUT2D eigenvalue weighted by atomic mass is 16.2. The van der Waals surface area contributed by atoms with Crippen molar-refractivity contribution < 1.29 is 4.79 Å². The zero-order valence-electron chi connectivity index (χ0n) is 13.5. The molecule has 1 aromatic heterocycles. The Hall–Kier alpha value is -2.65. The number of amides is 1. The van der Waals surface area contributed by atoms with Gasteiger partial charge >= 0.3 is 0 Å². The van der Waals surface area contributed by atoms with E-state index in [-0.39, 0.29) is 18.5 Å². The molecule has 3 rings (SSSR count). The van der Waals surface area contributed by atoms with E-state index < -0.39 is 0 Å². The minimum atomic E-state index is -0.249. The normalized spacial score (nSPS) is 17.0. The van der Waals surface area contributed by atoms with E-state index >= 15 is 0 Å². The Bertz CT molecular complexity index is 749. The molecule has 6 nitrogen and oxygen atoms in total. The Balaban J connectivity index is 1.44. The van der Waals surface area contributed by atoms with Crippen LogP contribution in [0.5, 0.6) is 0 Å². The lowest BCUT2D eigenvalue weighted by Crippen LogP contribution is -2.41. The second kappa shape index (κ2) is 7.75. The first-order valence-electron chi connectivity index (χ1n) is 8.27. The second-order valence-corrected chi connectivity index (χ2v) is 5.85. The van der Waals surface area contributed by atoms with Crippen LogP contribution in [0.4, 0.5) is 5.69 Å². The van der Waals surface area contributed by atoms with Gasteiger partial charge in [-0.2, -0.15) is 5.26 Å². The SMILES string of the molecule is N#CC1CCCN1C(=O)CNCCNc1ccnc2ccccc12. The van der Waals surface area contributed by atoms with Gasteiger partial charge < -0.3 is 15.5 Å². The van der Waals surface area contributed by atoms with Crippen LogP contribution in [0.2, 0.25) is 0 Å². The number of hydrogen-bond acceptors (Lipinski definition) is 5. The predicted molar refractivity (Wildman–Crippen MR) is 93.5 cm³/mol. The molecule has 1 saturated heterocycles. The molecule has 1 aliphatic rings. The molecule has 1 fully saturated rings. The Morgan fingerprint density at radius 3 is 3.08 bits per heavy atom. The van der Waals surface area contributed by atoms with E-state index in [1.54, 1.807) is 11.1 Å². The van der Waals surface area contributed by atoms with Gasteiger partial charge in [-0.3, -0.25) is 9.78 Å². The molecule has 2 heterocycles. The monoisotopic (exact) mass is 323 g/mol. The van der Waals surface area contributed by atoms with Gasteiger partial charge in [-0.15, -0.1) is 0 Å². The van der Waals surface area contributed by atoms with Crippen molar-refractivity contribution in [1.82, 2.24) is 15.2 Å². The lowest BCUT2D eigenvalue weighted by atomic mass is 10.2. The topological polar surface area (TPSA) is 81.0 Å². The van der Waals surface area contributed by atoms with E-state index in [0.29, 0.717) is 19.6 Å². The highest BCUT2D eigenvalue weighted by Gasteiger charge is 2.27. The molecule has 6 heteroatoms. The summed E-state index contributed by atoms with van der Waals surface area (Å²) in [6.07, 6.45) is 3.50. The number of carbonyl (C=O) groups is 1. The highest BCUT2D eigenvalue weighted by molar-refractivity contribution is 5.90. The number of benzene rings is 1. The van der Waals surface area contributed by atoms with Crippen LogP contribution in [0.25, 0.3) is 10.9 Å². The maximum absolute atomic E-state index is 12.1. The largest absolute Gasteiger partial charge is 0.383 e.